The maximum absolute atomic E-state index is 11.8. The summed E-state index contributed by atoms with van der Waals surface area (Å²) in [5.74, 6) is 0.303. The van der Waals surface area contributed by atoms with Crippen LogP contribution >= 0.6 is 7.92 Å². The zero-order chi connectivity index (χ0) is 39.5. The fourth-order valence-electron chi connectivity index (χ4n) is 6.29. The average Bonchev–Trinajstić information content (AvgIpc) is 3.66. The van der Waals surface area contributed by atoms with Crippen molar-refractivity contribution >= 4 is 22.9 Å². The summed E-state index contributed by atoms with van der Waals surface area (Å²) in [7, 11) is -0.545. The predicted molar refractivity (Wildman–Crippen MR) is 238 cm³/mol. The summed E-state index contributed by atoms with van der Waals surface area (Å²) in [6, 6.07) is 68.6. The number of phenolic OH excluding ortho intramolecular Hbond substituents is 1. The van der Waals surface area contributed by atoms with Crippen LogP contribution in [0, 0.1) is 13.8 Å². The number of nitrogens with zero attached hydrogens (tertiary/aromatic N) is 1. The summed E-state index contributed by atoms with van der Waals surface area (Å²) in [6.07, 6.45) is 0. The van der Waals surface area contributed by atoms with Crippen LogP contribution in [-0.2, 0) is 21.5 Å². The number of hydrogen-bond acceptors (Lipinski definition) is 2. The minimum atomic E-state index is -1.13. The zero-order valence-electron chi connectivity index (χ0n) is 32.3. The molecule has 0 spiro atoms. The molecule has 1 heterocycles. The number of benzene rings is 7. The van der Waals surface area contributed by atoms with Crippen LogP contribution in [0.2, 0.25) is 0 Å². The SMILES string of the molecule is C[CH]=[W]=[O].C[PH+](c1ccccc1)c1ccccc1.Cc1ccc(C)[n-]1.Oc1c(-c2ccccc2)c(-c2ccccc2)cc(-c2ccccc2)c1-c1ccccc1. The predicted octanol–water partition coefficient (Wildman–Crippen LogP) is 12.0. The Bertz CT molecular complexity index is 2240. The van der Waals surface area contributed by atoms with Crippen molar-refractivity contribution in [3.8, 4) is 50.3 Å². The normalized spacial score (nSPS) is 10.1. The fraction of sp³-hybridized carbons (Fsp3) is 0.0784. The van der Waals surface area contributed by atoms with E-state index in [4.69, 9.17) is 0 Å². The molecule has 0 atom stereocenters. The molecule has 280 valence electrons. The summed E-state index contributed by atoms with van der Waals surface area (Å²) >= 11 is -1.13. The second kappa shape index (κ2) is 22.1. The topological polar surface area (TPSA) is 51.4 Å². The van der Waals surface area contributed by atoms with E-state index in [0.29, 0.717) is 5.75 Å². The molecule has 8 aromatic rings. The van der Waals surface area contributed by atoms with E-state index in [9.17, 15) is 8.50 Å². The van der Waals surface area contributed by atoms with Crippen LogP contribution in [0.1, 0.15) is 18.3 Å². The Morgan fingerprint density at radius 2 is 0.768 bits per heavy atom. The minimum absolute atomic E-state index is 0.303. The van der Waals surface area contributed by atoms with Crippen LogP contribution in [-0.4, -0.2) is 16.2 Å². The zero-order valence-corrected chi connectivity index (χ0v) is 36.3. The maximum atomic E-state index is 11.8. The van der Waals surface area contributed by atoms with Gasteiger partial charge >= 0.3 is 32.8 Å². The summed E-state index contributed by atoms with van der Waals surface area (Å²) in [5.41, 5.74) is 10.1. The van der Waals surface area contributed by atoms with E-state index in [1.54, 1.807) is 4.40 Å². The Balaban J connectivity index is 0.000000196. The molecule has 0 amide bonds. The second-order valence-corrected chi connectivity index (χ2v) is 17.7. The van der Waals surface area contributed by atoms with Gasteiger partial charge in [0.25, 0.3) is 0 Å². The van der Waals surface area contributed by atoms with Gasteiger partial charge in [0.2, 0.25) is 0 Å². The van der Waals surface area contributed by atoms with E-state index in [1.165, 1.54) is 10.6 Å². The van der Waals surface area contributed by atoms with Crippen LogP contribution in [0.25, 0.3) is 44.5 Å². The Labute approximate surface area is 341 Å². The Morgan fingerprint density at radius 1 is 0.482 bits per heavy atom. The van der Waals surface area contributed by atoms with E-state index < -0.39 is 26.0 Å². The largest absolute Gasteiger partial charge is 0.665 e. The number of aromatic nitrogens is 1. The average molecular weight is 922 g/mol. The van der Waals surface area contributed by atoms with Crippen molar-refractivity contribution in [1.29, 1.82) is 0 Å². The van der Waals surface area contributed by atoms with Gasteiger partial charge in [0.1, 0.15) is 5.75 Å². The summed E-state index contributed by atoms with van der Waals surface area (Å²) in [6.45, 7) is 8.15. The fourth-order valence-corrected chi connectivity index (χ4v) is 8.01. The van der Waals surface area contributed by atoms with Crippen LogP contribution < -0.4 is 15.6 Å². The van der Waals surface area contributed by atoms with Gasteiger partial charge in [-0.2, -0.15) is 11.4 Å². The molecule has 3 nitrogen and oxygen atoms in total. The van der Waals surface area contributed by atoms with E-state index in [-0.39, 0.29) is 0 Å². The van der Waals surface area contributed by atoms with Gasteiger partial charge < -0.3 is 10.1 Å². The van der Waals surface area contributed by atoms with Gasteiger partial charge in [-0.3, -0.25) is 0 Å². The van der Waals surface area contributed by atoms with Gasteiger partial charge in [-0.15, -0.1) is 0 Å². The summed E-state index contributed by atoms with van der Waals surface area (Å²) in [4.78, 5) is 4.11. The second-order valence-electron chi connectivity index (χ2n) is 13.0. The van der Waals surface area contributed by atoms with Crippen LogP contribution in [0.4, 0.5) is 0 Å². The molecule has 0 aliphatic carbocycles. The van der Waals surface area contributed by atoms with E-state index in [2.05, 4.69) is 127 Å². The Morgan fingerprint density at radius 3 is 1.04 bits per heavy atom. The molecular weight excluding hydrogens is 873 g/mol. The smallest absolute Gasteiger partial charge is 0.132 e. The molecular formula is C51H48NO2PW. The van der Waals surface area contributed by atoms with Gasteiger partial charge in [-0.25, -0.2) is 0 Å². The molecule has 1 aromatic heterocycles. The van der Waals surface area contributed by atoms with Gasteiger partial charge in [-0.05, 0) is 63.7 Å². The Hall–Kier alpha value is -5.59. The van der Waals surface area contributed by atoms with Crippen molar-refractivity contribution in [1.82, 2.24) is 4.98 Å². The van der Waals surface area contributed by atoms with Crippen LogP contribution in [0.5, 0.6) is 5.75 Å². The molecule has 5 heteroatoms. The summed E-state index contributed by atoms with van der Waals surface area (Å²) in [5, 5.41) is 14.7. The molecule has 56 heavy (non-hydrogen) atoms. The molecule has 7 aromatic carbocycles. The van der Waals surface area contributed by atoms with Crippen LogP contribution in [0.15, 0.2) is 200 Å². The van der Waals surface area contributed by atoms with Crippen molar-refractivity contribution in [2.45, 2.75) is 20.8 Å². The van der Waals surface area contributed by atoms with Crippen molar-refractivity contribution in [3.05, 3.63) is 212 Å². The quantitative estimate of drug-likeness (QED) is 0.169. The molecule has 8 rings (SSSR count). The Kier molecular flexibility index (Phi) is 16.4. The summed E-state index contributed by atoms with van der Waals surface area (Å²) < 4.78 is 11.1. The van der Waals surface area contributed by atoms with E-state index in [0.717, 1.165) is 55.9 Å². The standard InChI is InChI=1S/C30H22O.C13H13P.C6H8N.C2H4.O.W/c31-30-28(24-17-9-3-10-18-24)26(22-13-5-1-6-14-22)21-27(23-15-7-2-8-16-23)29(30)25-19-11-4-12-20-25;1-14(12-8-4-2-5-9-12)13-10-6-3-7-11-13;1-5-3-4-6(2)7-5;1-2;;/h1-21,31H;2-11H,1H3;3-4H,1-2H3;1H,2H3;;/q;;-1;;;/p+1. The molecule has 0 radical (unpaired) electrons. The number of rotatable bonds is 6. The molecule has 0 unspecified atom stereocenters. The van der Waals surface area contributed by atoms with Crippen molar-refractivity contribution in [2.75, 3.05) is 6.66 Å². The monoisotopic (exact) mass is 921 g/mol. The number of hydrogen-bond donors (Lipinski definition) is 1. The van der Waals surface area contributed by atoms with Crippen molar-refractivity contribution < 1.29 is 26.6 Å². The number of aromatic hydroxyl groups is 1. The van der Waals surface area contributed by atoms with Gasteiger partial charge in [0.15, 0.2) is 0 Å². The van der Waals surface area contributed by atoms with Gasteiger partial charge in [0, 0.05) is 11.1 Å². The van der Waals surface area contributed by atoms with E-state index >= 15 is 0 Å². The first-order valence-electron chi connectivity index (χ1n) is 18.6. The number of phenols is 1. The first-order chi connectivity index (χ1) is 27.4. The first-order valence-corrected chi connectivity index (χ1v) is 23.5. The van der Waals surface area contributed by atoms with Crippen molar-refractivity contribution in [2.24, 2.45) is 0 Å². The van der Waals surface area contributed by atoms with Crippen molar-refractivity contribution in [3.63, 3.8) is 0 Å². The molecule has 0 saturated carbocycles. The third-order valence-electron chi connectivity index (χ3n) is 9.02. The van der Waals surface area contributed by atoms with E-state index in [1.807, 2.05) is 106 Å². The van der Waals surface area contributed by atoms with Gasteiger partial charge in [-0.1, -0.05) is 184 Å². The maximum Gasteiger partial charge on any atom is 0.132 e. The number of aryl methyl sites for hydroxylation is 2. The molecule has 0 saturated heterocycles. The van der Waals surface area contributed by atoms with Crippen LogP contribution in [0.3, 0.4) is 0 Å². The minimum Gasteiger partial charge on any atom is -0.665 e. The third kappa shape index (κ3) is 11.7. The molecule has 0 fully saturated rings. The molecule has 0 aliphatic rings. The molecule has 1 N–H and O–H groups in total. The van der Waals surface area contributed by atoms with Gasteiger partial charge in [0.05, 0.1) is 25.2 Å². The third-order valence-corrected chi connectivity index (χ3v) is 12.1. The first kappa shape index (κ1) is 41.6. The molecule has 0 bridgehead atoms. The molecule has 0 aliphatic heterocycles.